The van der Waals surface area contributed by atoms with Crippen molar-refractivity contribution >= 4 is 38.7 Å². The summed E-state index contributed by atoms with van der Waals surface area (Å²) in [5, 5.41) is 5.16. The standard InChI is InChI=1S/C18H20N2O5S2/c1-12-2-4-14(5-3-12)19-16(21)8-17-20-15(10-26-17)9-25-18(22)13-6-7-27(23,24)11-13/h2-5,10,13H,6-9,11H2,1H3,(H,19,21). The lowest BCUT2D eigenvalue weighted by Gasteiger charge is -2.07. The maximum atomic E-state index is 12.1. The zero-order valence-electron chi connectivity index (χ0n) is 14.8. The molecule has 1 unspecified atom stereocenters. The SMILES string of the molecule is Cc1ccc(NC(=O)Cc2nc(COC(=O)C3CCS(=O)(=O)C3)cs2)cc1. The number of carbonyl (C=O) groups is 2. The maximum absolute atomic E-state index is 12.1. The summed E-state index contributed by atoms with van der Waals surface area (Å²) < 4.78 is 28.0. The van der Waals surface area contributed by atoms with Gasteiger partial charge in [-0.25, -0.2) is 13.4 Å². The normalized spacial score (nSPS) is 18.2. The largest absolute Gasteiger partial charge is 0.459 e. The monoisotopic (exact) mass is 408 g/mol. The lowest BCUT2D eigenvalue weighted by Crippen LogP contribution is -2.19. The summed E-state index contributed by atoms with van der Waals surface area (Å²) in [4.78, 5) is 28.3. The van der Waals surface area contributed by atoms with Crippen LogP contribution in [0, 0.1) is 12.8 Å². The van der Waals surface area contributed by atoms with Crippen molar-refractivity contribution in [3.63, 3.8) is 0 Å². The molecule has 0 radical (unpaired) electrons. The zero-order chi connectivity index (χ0) is 19.4. The Hall–Kier alpha value is -2.26. The van der Waals surface area contributed by atoms with Crippen LogP contribution < -0.4 is 5.32 Å². The molecule has 2 heterocycles. The molecule has 3 rings (SSSR count). The first-order valence-electron chi connectivity index (χ1n) is 8.47. The smallest absolute Gasteiger partial charge is 0.310 e. The molecule has 1 atom stereocenters. The van der Waals surface area contributed by atoms with E-state index in [2.05, 4.69) is 10.3 Å². The Kier molecular flexibility index (Phi) is 5.91. The third-order valence-electron chi connectivity index (χ3n) is 4.17. The van der Waals surface area contributed by atoms with E-state index in [-0.39, 0.29) is 30.4 Å². The van der Waals surface area contributed by atoms with Crippen molar-refractivity contribution in [2.45, 2.75) is 26.4 Å². The second-order valence-electron chi connectivity index (χ2n) is 6.53. The van der Waals surface area contributed by atoms with Crippen LogP contribution >= 0.6 is 11.3 Å². The van der Waals surface area contributed by atoms with E-state index >= 15 is 0 Å². The molecule has 9 heteroatoms. The van der Waals surface area contributed by atoms with Crippen LogP contribution in [0.25, 0.3) is 0 Å². The number of carbonyl (C=O) groups excluding carboxylic acids is 2. The molecular formula is C18H20N2O5S2. The van der Waals surface area contributed by atoms with Gasteiger partial charge in [0.05, 0.1) is 29.5 Å². The Morgan fingerprint density at radius 2 is 2.04 bits per heavy atom. The number of amides is 1. The fourth-order valence-electron chi connectivity index (χ4n) is 2.72. The summed E-state index contributed by atoms with van der Waals surface area (Å²) in [7, 11) is -3.12. The van der Waals surface area contributed by atoms with Crippen LogP contribution in [-0.4, -0.2) is 36.8 Å². The minimum absolute atomic E-state index is 0.0224. The highest BCUT2D eigenvalue weighted by atomic mass is 32.2. The van der Waals surface area contributed by atoms with Crippen LogP contribution in [-0.2, 0) is 37.2 Å². The molecule has 1 saturated heterocycles. The van der Waals surface area contributed by atoms with Gasteiger partial charge >= 0.3 is 5.97 Å². The predicted octanol–water partition coefficient (Wildman–Crippen LogP) is 2.11. The number of thiazole rings is 1. The summed E-state index contributed by atoms with van der Waals surface area (Å²) in [6.45, 7) is 1.95. The van der Waals surface area contributed by atoms with E-state index in [4.69, 9.17) is 4.74 Å². The van der Waals surface area contributed by atoms with Gasteiger partial charge in [0.1, 0.15) is 11.6 Å². The van der Waals surface area contributed by atoms with Gasteiger partial charge in [-0.05, 0) is 25.5 Å². The number of hydrogen-bond acceptors (Lipinski definition) is 7. The lowest BCUT2D eigenvalue weighted by molar-refractivity contribution is -0.149. The quantitative estimate of drug-likeness (QED) is 0.735. The number of ether oxygens (including phenoxy) is 1. The van der Waals surface area contributed by atoms with Gasteiger partial charge in [-0.15, -0.1) is 11.3 Å². The molecule has 0 aliphatic carbocycles. The molecule has 0 bridgehead atoms. The highest BCUT2D eigenvalue weighted by molar-refractivity contribution is 7.91. The predicted molar refractivity (Wildman–Crippen MR) is 102 cm³/mol. The summed E-state index contributed by atoms with van der Waals surface area (Å²) >= 11 is 1.32. The first kappa shape index (κ1) is 19.5. The van der Waals surface area contributed by atoms with Gasteiger partial charge in [0.15, 0.2) is 9.84 Å². The van der Waals surface area contributed by atoms with E-state index in [1.807, 2.05) is 31.2 Å². The van der Waals surface area contributed by atoms with Crippen LogP contribution in [0.2, 0.25) is 0 Å². The van der Waals surface area contributed by atoms with Crippen LogP contribution in [0.1, 0.15) is 22.7 Å². The van der Waals surface area contributed by atoms with E-state index in [0.29, 0.717) is 17.1 Å². The van der Waals surface area contributed by atoms with Gasteiger partial charge in [-0.1, -0.05) is 17.7 Å². The Morgan fingerprint density at radius 3 is 2.70 bits per heavy atom. The van der Waals surface area contributed by atoms with E-state index in [1.54, 1.807) is 5.38 Å². The van der Waals surface area contributed by atoms with E-state index in [0.717, 1.165) is 11.3 Å². The molecule has 7 nitrogen and oxygen atoms in total. The second-order valence-corrected chi connectivity index (χ2v) is 9.70. The van der Waals surface area contributed by atoms with Crippen molar-refractivity contribution in [2.24, 2.45) is 5.92 Å². The van der Waals surface area contributed by atoms with E-state index in [1.165, 1.54) is 11.3 Å². The minimum atomic E-state index is -3.12. The number of rotatable bonds is 6. The summed E-state index contributed by atoms with van der Waals surface area (Å²) in [5.41, 5.74) is 2.39. The third-order valence-corrected chi connectivity index (χ3v) is 6.84. The average Bonchev–Trinajstić information content (AvgIpc) is 3.20. The molecule has 27 heavy (non-hydrogen) atoms. The highest BCUT2D eigenvalue weighted by Gasteiger charge is 2.34. The molecule has 1 fully saturated rings. The summed E-state index contributed by atoms with van der Waals surface area (Å²) in [5.74, 6) is -1.39. The second kappa shape index (κ2) is 8.18. The van der Waals surface area contributed by atoms with Crippen molar-refractivity contribution in [3.05, 3.63) is 45.9 Å². The molecule has 1 aromatic heterocycles. The Morgan fingerprint density at radius 1 is 1.30 bits per heavy atom. The molecular weight excluding hydrogens is 388 g/mol. The zero-order valence-corrected chi connectivity index (χ0v) is 16.4. The van der Waals surface area contributed by atoms with Gasteiger partial charge in [0.25, 0.3) is 0 Å². The first-order valence-corrected chi connectivity index (χ1v) is 11.2. The van der Waals surface area contributed by atoms with Crippen molar-refractivity contribution in [3.8, 4) is 0 Å². The Bertz CT molecular complexity index is 935. The van der Waals surface area contributed by atoms with Gasteiger partial charge < -0.3 is 10.1 Å². The topological polar surface area (TPSA) is 102 Å². The van der Waals surface area contributed by atoms with Crippen molar-refractivity contribution < 1.29 is 22.7 Å². The molecule has 1 aliphatic heterocycles. The average molecular weight is 409 g/mol. The van der Waals surface area contributed by atoms with Gasteiger partial charge in [-0.2, -0.15) is 0 Å². The molecule has 2 aromatic rings. The lowest BCUT2D eigenvalue weighted by atomic mass is 10.1. The third kappa shape index (κ3) is 5.61. The van der Waals surface area contributed by atoms with Crippen LogP contribution in [0.5, 0.6) is 0 Å². The van der Waals surface area contributed by atoms with Gasteiger partial charge in [-0.3, -0.25) is 9.59 Å². The van der Waals surface area contributed by atoms with E-state index < -0.39 is 21.7 Å². The Labute approximate surface area is 161 Å². The number of aromatic nitrogens is 1. The summed E-state index contributed by atoms with van der Waals surface area (Å²) in [6, 6.07) is 7.51. The summed E-state index contributed by atoms with van der Waals surface area (Å²) in [6.07, 6.45) is 0.440. The van der Waals surface area contributed by atoms with E-state index in [9.17, 15) is 18.0 Å². The minimum Gasteiger partial charge on any atom is -0.459 e. The van der Waals surface area contributed by atoms with Gasteiger partial charge in [0, 0.05) is 11.1 Å². The van der Waals surface area contributed by atoms with Crippen LogP contribution in [0.3, 0.4) is 0 Å². The highest BCUT2D eigenvalue weighted by Crippen LogP contribution is 2.20. The van der Waals surface area contributed by atoms with Crippen molar-refractivity contribution in [1.82, 2.24) is 4.98 Å². The number of anilines is 1. The fraction of sp³-hybridized carbons (Fsp3) is 0.389. The number of hydrogen-bond donors (Lipinski definition) is 1. The molecule has 0 spiro atoms. The number of benzene rings is 1. The number of nitrogens with zero attached hydrogens (tertiary/aromatic N) is 1. The number of nitrogens with one attached hydrogen (secondary N) is 1. The van der Waals surface area contributed by atoms with Crippen molar-refractivity contribution in [1.29, 1.82) is 0 Å². The number of esters is 1. The molecule has 0 saturated carbocycles. The molecule has 1 N–H and O–H groups in total. The van der Waals surface area contributed by atoms with Gasteiger partial charge in [0.2, 0.25) is 5.91 Å². The van der Waals surface area contributed by atoms with Crippen molar-refractivity contribution in [2.75, 3.05) is 16.8 Å². The molecule has 144 valence electrons. The first-order chi connectivity index (χ1) is 12.8. The number of sulfone groups is 1. The molecule has 1 aliphatic rings. The molecule has 1 aromatic carbocycles. The Balaban J connectivity index is 1.47. The fourth-order valence-corrected chi connectivity index (χ4v) is 5.22. The molecule has 1 amide bonds. The van der Waals surface area contributed by atoms with Crippen LogP contribution in [0.4, 0.5) is 5.69 Å². The number of aryl methyl sites for hydroxylation is 1. The van der Waals surface area contributed by atoms with Crippen LogP contribution in [0.15, 0.2) is 29.6 Å². The maximum Gasteiger partial charge on any atom is 0.310 e.